The van der Waals surface area contributed by atoms with Crippen molar-refractivity contribution in [3.63, 3.8) is 0 Å². The highest BCUT2D eigenvalue weighted by Crippen LogP contribution is 2.36. The van der Waals surface area contributed by atoms with Crippen molar-refractivity contribution in [2.75, 3.05) is 25.0 Å². The van der Waals surface area contributed by atoms with E-state index in [4.69, 9.17) is 4.74 Å². The summed E-state index contributed by atoms with van der Waals surface area (Å²) in [6.45, 7) is 2.05. The third kappa shape index (κ3) is 3.24. The van der Waals surface area contributed by atoms with Crippen LogP contribution in [-0.2, 0) is 11.8 Å². The molecular formula is C18H23N5O2. The molecule has 0 bridgehead atoms. The number of nitrogens with zero attached hydrogens (tertiary/aromatic N) is 4. The van der Waals surface area contributed by atoms with Crippen LogP contribution in [0.2, 0.25) is 0 Å². The zero-order chi connectivity index (χ0) is 17.3. The maximum atomic E-state index is 12.8. The smallest absolute Gasteiger partial charge is 0.270 e. The van der Waals surface area contributed by atoms with Crippen LogP contribution in [0.1, 0.15) is 29.8 Å². The lowest BCUT2D eigenvalue weighted by Crippen LogP contribution is -2.50. The van der Waals surface area contributed by atoms with Crippen LogP contribution in [0.3, 0.4) is 0 Å². The highest BCUT2D eigenvalue weighted by atomic mass is 16.5. The Labute approximate surface area is 147 Å². The van der Waals surface area contributed by atoms with Gasteiger partial charge in [0, 0.05) is 38.6 Å². The van der Waals surface area contributed by atoms with Crippen molar-refractivity contribution >= 4 is 11.9 Å². The summed E-state index contributed by atoms with van der Waals surface area (Å²) in [4.78, 5) is 23.2. The highest BCUT2D eigenvalue weighted by Gasteiger charge is 2.45. The van der Waals surface area contributed by atoms with E-state index in [2.05, 4.69) is 15.3 Å². The van der Waals surface area contributed by atoms with Gasteiger partial charge in [-0.2, -0.15) is 0 Å². The summed E-state index contributed by atoms with van der Waals surface area (Å²) >= 11 is 0. The molecule has 2 aromatic rings. The van der Waals surface area contributed by atoms with Gasteiger partial charge in [-0.15, -0.1) is 0 Å². The third-order valence-corrected chi connectivity index (χ3v) is 5.10. The Bertz CT molecular complexity index is 747. The number of hydrogen-bond donors (Lipinski definition) is 1. The second-order valence-corrected chi connectivity index (χ2v) is 6.95. The minimum absolute atomic E-state index is 0.0815. The lowest BCUT2D eigenvalue weighted by atomic mass is 9.88. The van der Waals surface area contributed by atoms with Crippen molar-refractivity contribution < 1.29 is 9.53 Å². The molecule has 1 amide bonds. The van der Waals surface area contributed by atoms with E-state index < -0.39 is 0 Å². The van der Waals surface area contributed by atoms with Gasteiger partial charge in [-0.25, -0.2) is 9.97 Å². The van der Waals surface area contributed by atoms with Gasteiger partial charge in [0.25, 0.3) is 5.91 Å². The number of aromatic nitrogens is 3. The van der Waals surface area contributed by atoms with Gasteiger partial charge in [0.1, 0.15) is 5.69 Å². The predicted octanol–water partition coefficient (Wildman–Crippen LogP) is 1.69. The summed E-state index contributed by atoms with van der Waals surface area (Å²) in [5.74, 6) is 0.707. The number of nitrogens with one attached hydrogen (secondary N) is 1. The van der Waals surface area contributed by atoms with E-state index in [-0.39, 0.29) is 17.6 Å². The molecule has 7 heteroatoms. The first kappa shape index (κ1) is 16.1. The summed E-state index contributed by atoms with van der Waals surface area (Å²) in [5, 5.41) is 3.34. The van der Waals surface area contributed by atoms with E-state index in [1.54, 1.807) is 18.5 Å². The van der Waals surface area contributed by atoms with E-state index >= 15 is 0 Å². The number of anilines is 1. The minimum Gasteiger partial charge on any atom is -0.371 e. The maximum Gasteiger partial charge on any atom is 0.270 e. The number of aryl methyl sites for hydroxylation is 1. The van der Waals surface area contributed by atoms with Crippen LogP contribution < -0.4 is 5.32 Å². The van der Waals surface area contributed by atoms with Crippen molar-refractivity contribution in [2.24, 2.45) is 7.05 Å². The van der Waals surface area contributed by atoms with Crippen LogP contribution in [0, 0.1) is 0 Å². The number of hydrogen-bond acceptors (Lipinski definition) is 5. The lowest BCUT2D eigenvalue weighted by molar-refractivity contribution is -0.0449. The molecule has 2 aromatic heterocycles. The molecule has 2 atom stereocenters. The Kier molecular flexibility index (Phi) is 4.17. The molecule has 4 heterocycles. The Morgan fingerprint density at radius 3 is 2.96 bits per heavy atom. The molecule has 1 N–H and O–H groups in total. The fourth-order valence-electron chi connectivity index (χ4n) is 3.89. The first-order valence-corrected chi connectivity index (χ1v) is 8.73. The van der Waals surface area contributed by atoms with Crippen LogP contribution in [0.4, 0.5) is 5.95 Å². The summed E-state index contributed by atoms with van der Waals surface area (Å²) in [7, 11) is 1.90. The molecule has 0 aliphatic carbocycles. The molecule has 2 saturated heterocycles. The van der Waals surface area contributed by atoms with Gasteiger partial charge >= 0.3 is 0 Å². The number of likely N-dealkylation sites (tertiary alicyclic amines) is 1. The molecule has 25 heavy (non-hydrogen) atoms. The minimum atomic E-state index is -0.258. The molecule has 2 aliphatic heterocycles. The molecule has 1 spiro atoms. The zero-order valence-corrected chi connectivity index (χ0v) is 14.4. The van der Waals surface area contributed by atoms with Gasteiger partial charge in [0.15, 0.2) is 0 Å². The standard InChI is InChI=1S/C18H23N5O2/c1-22-9-2-5-15(22)16(24)23-10-3-6-18(13-23)11-14(12-25-18)21-17-19-7-4-8-20-17/h2,4-5,7-9,14H,3,6,10-13H2,1H3,(H,19,20,21)/t14-,18+/m1/s1. The zero-order valence-electron chi connectivity index (χ0n) is 14.4. The molecule has 0 aromatic carbocycles. The quantitative estimate of drug-likeness (QED) is 0.920. The van der Waals surface area contributed by atoms with Crippen LogP contribution in [0.15, 0.2) is 36.8 Å². The van der Waals surface area contributed by atoms with Gasteiger partial charge < -0.3 is 19.5 Å². The number of rotatable bonds is 3. The summed E-state index contributed by atoms with van der Waals surface area (Å²) in [6, 6.07) is 5.74. The highest BCUT2D eigenvalue weighted by molar-refractivity contribution is 5.92. The fraction of sp³-hybridized carbons (Fsp3) is 0.500. The van der Waals surface area contributed by atoms with E-state index in [1.165, 1.54) is 0 Å². The van der Waals surface area contributed by atoms with Gasteiger partial charge in [-0.05, 0) is 31.0 Å². The Morgan fingerprint density at radius 1 is 1.36 bits per heavy atom. The third-order valence-electron chi connectivity index (χ3n) is 5.10. The van der Waals surface area contributed by atoms with Crippen molar-refractivity contribution in [1.29, 1.82) is 0 Å². The summed E-state index contributed by atoms with van der Waals surface area (Å²) in [6.07, 6.45) is 8.16. The molecule has 4 rings (SSSR count). The molecule has 132 valence electrons. The topological polar surface area (TPSA) is 72.3 Å². The van der Waals surface area contributed by atoms with E-state index in [0.29, 0.717) is 19.1 Å². The van der Waals surface area contributed by atoms with Crippen molar-refractivity contribution in [1.82, 2.24) is 19.4 Å². The summed E-state index contributed by atoms with van der Waals surface area (Å²) < 4.78 is 8.05. The van der Waals surface area contributed by atoms with Crippen LogP contribution in [0.25, 0.3) is 0 Å². The number of piperidine rings is 1. The first-order valence-electron chi connectivity index (χ1n) is 8.73. The second kappa shape index (κ2) is 6.48. The van der Waals surface area contributed by atoms with E-state index in [9.17, 15) is 4.79 Å². The Morgan fingerprint density at radius 2 is 2.20 bits per heavy atom. The number of amides is 1. The molecule has 0 saturated carbocycles. The van der Waals surface area contributed by atoms with Gasteiger partial charge in [0.2, 0.25) is 5.95 Å². The normalized spacial score (nSPS) is 26.1. The fourth-order valence-corrected chi connectivity index (χ4v) is 3.89. The van der Waals surface area contributed by atoms with Gasteiger partial charge in [-0.3, -0.25) is 4.79 Å². The number of carbonyl (C=O) groups excluding carboxylic acids is 1. The monoisotopic (exact) mass is 341 g/mol. The van der Waals surface area contributed by atoms with Gasteiger partial charge in [0.05, 0.1) is 24.8 Å². The Balaban J connectivity index is 1.42. The number of ether oxygens (including phenoxy) is 1. The van der Waals surface area contributed by atoms with Crippen LogP contribution in [0.5, 0.6) is 0 Å². The largest absolute Gasteiger partial charge is 0.371 e. The number of carbonyl (C=O) groups is 1. The van der Waals surface area contributed by atoms with Crippen molar-refractivity contribution in [2.45, 2.75) is 30.9 Å². The van der Waals surface area contributed by atoms with Crippen LogP contribution >= 0.6 is 0 Å². The van der Waals surface area contributed by atoms with Crippen molar-refractivity contribution in [3.8, 4) is 0 Å². The first-order chi connectivity index (χ1) is 12.2. The second-order valence-electron chi connectivity index (χ2n) is 6.95. The van der Waals surface area contributed by atoms with Crippen LogP contribution in [-0.4, -0.2) is 56.7 Å². The molecule has 0 unspecified atom stereocenters. The average Bonchev–Trinajstić information content (AvgIpc) is 3.22. The van der Waals surface area contributed by atoms with Gasteiger partial charge in [-0.1, -0.05) is 0 Å². The summed E-state index contributed by atoms with van der Waals surface area (Å²) in [5.41, 5.74) is 0.466. The molecule has 7 nitrogen and oxygen atoms in total. The van der Waals surface area contributed by atoms with Crippen molar-refractivity contribution in [3.05, 3.63) is 42.5 Å². The van der Waals surface area contributed by atoms with E-state index in [1.807, 2.05) is 34.8 Å². The average molecular weight is 341 g/mol. The SMILES string of the molecule is Cn1cccc1C(=O)N1CCC[C@]2(C[C@@H](Nc3ncccn3)CO2)C1. The predicted molar refractivity (Wildman–Crippen MR) is 93.3 cm³/mol. The molecule has 2 aliphatic rings. The molecule has 2 fully saturated rings. The Hall–Kier alpha value is -2.41. The lowest BCUT2D eigenvalue weighted by Gasteiger charge is -2.39. The molecular weight excluding hydrogens is 318 g/mol. The maximum absolute atomic E-state index is 12.8. The van der Waals surface area contributed by atoms with E-state index in [0.717, 1.165) is 31.5 Å². The molecule has 0 radical (unpaired) electrons.